The van der Waals surface area contributed by atoms with Crippen molar-refractivity contribution in [1.82, 2.24) is 24.9 Å². The van der Waals surface area contributed by atoms with Crippen LogP contribution in [-0.4, -0.2) is 31.9 Å². The van der Waals surface area contributed by atoms with Crippen LogP contribution in [0.3, 0.4) is 0 Å². The van der Waals surface area contributed by atoms with Gasteiger partial charge in [0.05, 0.1) is 0 Å². The molecule has 0 saturated carbocycles. The zero-order valence-electron chi connectivity index (χ0n) is 13.8. The maximum atomic E-state index is 12.2. The van der Waals surface area contributed by atoms with Crippen molar-refractivity contribution >= 4 is 11.7 Å². The Balaban J connectivity index is 1.66. The Morgan fingerprint density at radius 3 is 2.54 bits per heavy atom. The number of aryl methyl sites for hydroxylation is 2. The summed E-state index contributed by atoms with van der Waals surface area (Å²) in [4.78, 5) is 20.5. The smallest absolute Gasteiger partial charge is 0.406 e. The second kappa shape index (κ2) is 6.62. The Hall–Kier alpha value is -3.17. The predicted molar refractivity (Wildman–Crippen MR) is 84.6 cm³/mol. The maximum absolute atomic E-state index is 12.2. The fourth-order valence-corrected chi connectivity index (χ4v) is 2.33. The van der Waals surface area contributed by atoms with Crippen molar-refractivity contribution < 1.29 is 22.7 Å². The van der Waals surface area contributed by atoms with Crippen LogP contribution < -0.4 is 10.1 Å². The van der Waals surface area contributed by atoms with Gasteiger partial charge < -0.3 is 10.1 Å². The van der Waals surface area contributed by atoms with E-state index in [0.717, 1.165) is 11.4 Å². The van der Waals surface area contributed by atoms with Crippen molar-refractivity contribution in [1.29, 1.82) is 0 Å². The molecule has 0 aliphatic heterocycles. The Kier molecular flexibility index (Phi) is 4.49. The van der Waals surface area contributed by atoms with Gasteiger partial charge in [-0.15, -0.1) is 18.3 Å². The molecule has 1 N–H and O–H groups in total. The first-order valence-electron chi connectivity index (χ1n) is 7.55. The minimum absolute atomic E-state index is 0.0387. The standard InChI is InChI=1S/C16H14F3N5O2/c1-9-7-10(2)24-15(21-9)22-13(23-24)14(25)20-8-11-3-5-12(6-4-11)26-16(17,18)19/h3-7H,8H2,1-2H3,(H,20,25). The molecule has 0 unspecified atom stereocenters. The molecule has 7 nitrogen and oxygen atoms in total. The third-order valence-electron chi connectivity index (χ3n) is 3.43. The van der Waals surface area contributed by atoms with Crippen molar-refractivity contribution in [2.75, 3.05) is 0 Å². The summed E-state index contributed by atoms with van der Waals surface area (Å²) < 4.78 is 41.6. The summed E-state index contributed by atoms with van der Waals surface area (Å²) in [5.74, 6) is -0.556. The van der Waals surface area contributed by atoms with Crippen LogP contribution in [0.2, 0.25) is 0 Å². The highest BCUT2D eigenvalue weighted by Crippen LogP contribution is 2.22. The molecule has 1 amide bonds. The van der Waals surface area contributed by atoms with E-state index >= 15 is 0 Å². The lowest BCUT2D eigenvalue weighted by Crippen LogP contribution is -2.24. The Morgan fingerprint density at radius 1 is 1.19 bits per heavy atom. The molecule has 3 rings (SSSR count). The SMILES string of the molecule is Cc1cc(C)n2nc(C(=O)NCc3ccc(OC(F)(F)F)cc3)nc2n1. The number of hydrogen-bond donors (Lipinski definition) is 1. The highest BCUT2D eigenvalue weighted by atomic mass is 19.4. The van der Waals surface area contributed by atoms with Crippen LogP contribution in [0.4, 0.5) is 13.2 Å². The molecule has 0 bridgehead atoms. The molecule has 2 aromatic heterocycles. The van der Waals surface area contributed by atoms with Crippen LogP contribution in [0.1, 0.15) is 27.6 Å². The van der Waals surface area contributed by atoms with Gasteiger partial charge >= 0.3 is 6.36 Å². The molecular formula is C16H14F3N5O2. The minimum Gasteiger partial charge on any atom is -0.406 e. The van der Waals surface area contributed by atoms with Gasteiger partial charge in [0.1, 0.15) is 5.75 Å². The number of amides is 1. The van der Waals surface area contributed by atoms with Gasteiger partial charge in [-0.05, 0) is 37.6 Å². The number of alkyl halides is 3. The highest BCUT2D eigenvalue weighted by Gasteiger charge is 2.30. The molecule has 0 radical (unpaired) electrons. The summed E-state index contributed by atoms with van der Waals surface area (Å²) in [6.07, 6.45) is -4.74. The largest absolute Gasteiger partial charge is 0.573 e. The molecule has 3 aromatic rings. The molecule has 0 atom stereocenters. The number of ether oxygens (including phenoxy) is 1. The monoisotopic (exact) mass is 365 g/mol. The van der Waals surface area contributed by atoms with E-state index in [1.807, 2.05) is 19.9 Å². The topological polar surface area (TPSA) is 81.4 Å². The van der Waals surface area contributed by atoms with E-state index in [0.29, 0.717) is 11.3 Å². The normalized spacial score (nSPS) is 11.6. The lowest BCUT2D eigenvalue weighted by atomic mass is 10.2. The Labute approximate surface area is 145 Å². The van der Waals surface area contributed by atoms with Gasteiger partial charge in [-0.2, -0.15) is 4.98 Å². The first kappa shape index (κ1) is 17.6. The van der Waals surface area contributed by atoms with E-state index in [1.165, 1.54) is 28.8 Å². The molecule has 0 aliphatic rings. The van der Waals surface area contributed by atoms with Crippen LogP contribution in [0.15, 0.2) is 30.3 Å². The number of benzene rings is 1. The molecular weight excluding hydrogens is 351 g/mol. The van der Waals surface area contributed by atoms with E-state index < -0.39 is 12.3 Å². The number of rotatable bonds is 4. The number of halogens is 3. The zero-order chi connectivity index (χ0) is 18.9. The van der Waals surface area contributed by atoms with E-state index in [9.17, 15) is 18.0 Å². The highest BCUT2D eigenvalue weighted by molar-refractivity contribution is 5.90. The third-order valence-corrected chi connectivity index (χ3v) is 3.43. The summed E-state index contributed by atoms with van der Waals surface area (Å²) in [6.45, 7) is 3.74. The third kappa shape index (κ3) is 4.08. The molecule has 136 valence electrons. The summed E-state index contributed by atoms with van der Waals surface area (Å²) in [5.41, 5.74) is 2.15. The molecule has 1 aromatic carbocycles. The molecule has 0 spiro atoms. The van der Waals surface area contributed by atoms with Crippen LogP contribution >= 0.6 is 0 Å². The lowest BCUT2D eigenvalue weighted by Gasteiger charge is -2.09. The van der Waals surface area contributed by atoms with Crippen LogP contribution in [-0.2, 0) is 6.54 Å². The quantitative estimate of drug-likeness (QED) is 0.769. The van der Waals surface area contributed by atoms with E-state index in [-0.39, 0.29) is 18.1 Å². The number of hydrogen-bond acceptors (Lipinski definition) is 5. The van der Waals surface area contributed by atoms with Gasteiger partial charge in [0.25, 0.3) is 11.7 Å². The summed E-state index contributed by atoms with van der Waals surface area (Å²) in [7, 11) is 0. The number of carbonyl (C=O) groups is 1. The zero-order valence-corrected chi connectivity index (χ0v) is 13.8. The summed E-state index contributed by atoms with van der Waals surface area (Å²) in [5, 5.41) is 6.72. The molecule has 0 fully saturated rings. The van der Waals surface area contributed by atoms with Gasteiger partial charge in [0, 0.05) is 17.9 Å². The average molecular weight is 365 g/mol. The predicted octanol–water partition coefficient (Wildman–Crippen LogP) is 2.57. The van der Waals surface area contributed by atoms with Gasteiger partial charge in [0.2, 0.25) is 5.82 Å². The average Bonchev–Trinajstić information content (AvgIpc) is 2.97. The fourth-order valence-electron chi connectivity index (χ4n) is 2.33. The number of nitrogens with zero attached hydrogens (tertiary/aromatic N) is 4. The van der Waals surface area contributed by atoms with Crippen molar-refractivity contribution in [2.24, 2.45) is 0 Å². The molecule has 2 heterocycles. The number of fused-ring (bicyclic) bond motifs is 1. The summed E-state index contributed by atoms with van der Waals surface area (Å²) in [6, 6.07) is 7.01. The van der Waals surface area contributed by atoms with Crippen molar-refractivity contribution in [2.45, 2.75) is 26.8 Å². The minimum atomic E-state index is -4.74. The van der Waals surface area contributed by atoms with E-state index in [2.05, 4.69) is 25.1 Å². The number of nitrogens with one attached hydrogen (secondary N) is 1. The van der Waals surface area contributed by atoms with Crippen molar-refractivity contribution in [3.8, 4) is 5.75 Å². The maximum Gasteiger partial charge on any atom is 0.573 e. The van der Waals surface area contributed by atoms with Gasteiger partial charge in [-0.25, -0.2) is 9.50 Å². The molecule has 26 heavy (non-hydrogen) atoms. The van der Waals surface area contributed by atoms with Gasteiger partial charge in [0.15, 0.2) is 0 Å². The van der Waals surface area contributed by atoms with E-state index in [1.54, 1.807) is 0 Å². The van der Waals surface area contributed by atoms with Crippen molar-refractivity contribution in [3.05, 3.63) is 53.1 Å². The Morgan fingerprint density at radius 2 is 1.88 bits per heavy atom. The Bertz CT molecular complexity index is 951. The van der Waals surface area contributed by atoms with Crippen LogP contribution in [0.5, 0.6) is 5.75 Å². The first-order valence-corrected chi connectivity index (χ1v) is 7.55. The molecule has 0 aliphatic carbocycles. The first-order chi connectivity index (χ1) is 12.2. The van der Waals surface area contributed by atoms with Gasteiger partial charge in [-0.3, -0.25) is 4.79 Å². The molecule has 0 saturated heterocycles. The fraction of sp³-hybridized carbons (Fsp3) is 0.250. The van der Waals surface area contributed by atoms with E-state index in [4.69, 9.17) is 0 Å². The number of aromatic nitrogens is 4. The second-order valence-corrected chi connectivity index (χ2v) is 5.56. The van der Waals surface area contributed by atoms with Crippen molar-refractivity contribution in [3.63, 3.8) is 0 Å². The van der Waals surface area contributed by atoms with Gasteiger partial charge in [-0.1, -0.05) is 12.1 Å². The lowest BCUT2D eigenvalue weighted by molar-refractivity contribution is -0.274. The second-order valence-electron chi connectivity index (χ2n) is 5.56. The summed E-state index contributed by atoms with van der Waals surface area (Å²) >= 11 is 0. The molecule has 10 heteroatoms. The van der Waals surface area contributed by atoms with Crippen LogP contribution in [0, 0.1) is 13.8 Å². The van der Waals surface area contributed by atoms with Crippen LogP contribution in [0.25, 0.3) is 5.78 Å². The number of carbonyl (C=O) groups excluding carboxylic acids is 1.